The molecule has 3 rings (SSSR count). The zero-order valence-corrected chi connectivity index (χ0v) is 13.5. The highest BCUT2D eigenvalue weighted by atomic mass is 35.5. The second-order valence-electron chi connectivity index (χ2n) is 5.24. The van der Waals surface area contributed by atoms with Crippen LogP contribution in [0, 0.1) is 0 Å². The van der Waals surface area contributed by atoms with Gasteiger partial charge in [0.05, 0.1) is 0 Å². The summed E-state index contributed by atoms with van der Waals surface area (Å²) in [5.41, 5.74) is 2.26. The molecule has 0 spiro atoms. The predicted molar refractivity (Wildman–Crippen MR) is 95.7 cm³/mol. The number of hydrogen-bond donors (Lipinski definition) is 1. The second-order valence-corrected chi connectivity index (χ2v) is 5.67. The minimum atomic E-state index is -0.254. The number of anilines is 1. The van der Waals surface area contributed by atoms with E-state index in [0.29, 0.717) is 27.4 Å². The molecule has 0 bridgehead atoms. The normalized spacial score (nSPS) is 10.2. The van der Waals surface area contributed by atoms with Crippen LogP contribution < -0.4 is 5.32 Å². The lowest BCUT2D eigenvalue weighted by Crippen LogP contribution is -2.12. The van der Waals surface area contributed by atoms with Gasteiger partial charge in [0.25, 0.3) is 5.91 Å². The lowest BCUT2D eigenvalue weighted by atomic mass is 10.0. The highest BCUT2D eigenvalue weighted by Gasteiger charge is 2.11. The summed E-state index contributed by atoms with van der Waals surface area (Å²) in [5, 5.41) is 3.32. The maximum absolute atomic E-state index is 12.3. The molecule has 0 radical (unpaired) electrons. The van der Waals surface area contributed by atoms with Gasteiger partial charge in [-0.2, -0.15) is 0 Å². The second kappa shape index (κ2) is 7.11. The Morgan fingerprint density at radius 1 is 0.708 bits per heavy atom. The first-order valence-corrected chi connectivity index (χ1v) is 7.78. The van der Waals surface area contributed by atoms with Crippen LogP contribution >= 0.6 is 11.6 Å². The molecule has 1 N–H and O–H groups in total. The van der Waals surface area contributed by atoms with Gasteiger partial charge in [-0.25, -0.2) is 0 Å². The van der Waals surface area contributed by atoms with Gasteiger partial charge in [-0.3, -0.25) is 9.59 Å². The summed E-state index contributed by atoms with van der Waals surface area (Å²) in [6.45, 7) is 0. The third kappa shape index (κ3) is 3.70. The summed E-state index contributed by atoms with van der Waals surface area (Å²) < 4.78 is 0. The van der Waals surface area contributed by atoms with E-state index in [0.717, 1.165) is 0 Å². The Hall–Kier alpha value is -2.91. The van der Waals surface area contributed by atoms with Gasteiger partial charge in [-0.15, -0.1) is 0 Å². The van der Waals surface area contributed by atoms with E-state index in [2.05, 4.69) is 5.32 Å². The highest BCUT2D eigenvalue weighted by Crippen LogP contribution is 2.16. The summed E-state index contributed by atoms with van der Waals surface area (Å²) in [7, 11) is 0. The maximum Gasteiger partial charge on any atom is 0.255 e. The van der Waals surface area contributed by atoms with E-state index in [1.54, 1.807) is 60.7 Å². The van der Waals surface area contributed by atoms with E-state index < -0.39 is 0 Å². The van der Waals surface area contributed by atoms with Crippen molar-refractivity contribution in [3.63, 3.8) is 0 Å². The average Bonchev–Trinajstić information content (AvgIpc) is 2.62. The monoisotopic (exact) mass is 335 g/mol. The lowest BCUT2D eigenvalue weighted by molar-refractivity contribution is 0.102. The fraction of sp³-hybridized carbons (Fsp3) is 0. The van der Waals surface area contributed by atoms with Gasteiger partial charge in [0.1, 0.15) is 0 Å². The summed E-state index contributed by atoms with van der Waals surface area (Å²) >= 11 is 5.90. The third-order valence-electron chi connectivity index (χ3n) is 3.53. The summed E-state index contributed by atoms with van der Waals surface area (Å²) in [6, 6.07) is 22.5. The first kappa shape index (κ1) is 16.0. The molecule has 0 saturated carbocycles. The number of nitrogens with one attached hydrogen (secondary N) is 1. The summed E-state index contributed by atoms with van der Waals surface area (Å²) in [4.78, 5) is 24.6. The number of carbonyl (C=O) groups is 2. The van der Waals surface area contributed by atoms with Crippen LogP contribution in [0.15, 0.2) is 78.9 Å². The first-order valence-electron chi connectivity index (χ1n) is 7.40. The number of halogens is 1. The molecule has 0 unspecified atom stereocenters. The van der Waals surface area contributed by atoms with E-state index in [-0.39, 0.29) is 11.7 Å². The molecule has 0 aliphatic heterocycles. The summed E-state index contributed by atoms with van der Waals surface area (Å²) in [6.07, 6.45) is 0. The smallest absolute Gasteiger partial charge is 0.255 e. The van der Waals surface area contributed by atoms with E-state index in [1.807, 2.05) is 18.2 Å². The van der Waals surface area contributed by atoms with Crippen LogP contribution in [-0.4, -0.2) is 11.7 Å². The van der Waals surface area contributed by atoms with Crippen LogP contribution in [-0.2, 0) is 0 Å². The molecular weight excluding hydrogens is 322 g/mol. The Bertz CT molecular complexity index is 874. The lowest BCUT2D eigenvalue weighted by Gasteiger charge is -2.06. The number of amides is 1. The zero-order valence-electron chi connectivity index (χ0n) is 12.7. The number of rotatable bonds is 4. The molecule has 0 heterocycles. The molecule has 0 aliphatic carbocycles. The Kier molecular flexibility index (Phi) is 4.73. The quantitative estimate of drug-likeness (QED) is 0.694. The number of hydrogen-bond acceptors (Lipinski definition) is 2. The van der Waals surface area contributed by atoms with Crippen LogP contribution in [0.2, 0.25) is 5.02 Å². The summed E-state index contributed by atoms with van der Waals surface area (Å²) in [5.74, 6) is -0.326. The van der Waals surface area contributed by atoms with E-state index in [1.165, 1.54) is 0 Å². The fourth-order valence-electron chi connectivity index (χ4n) is 2.30. The van der Waals surface area contributed by atoms with Crippen molar-refractivity contribution in [1.29, 1.82) is 0 Å². The Labute approximate surface area is 144 Å². The first-order chi connectivity index (χ1) is 11.6. The highest BCUT2D eigenvalue weighted by molar-refractivity contribution is 6.31. The van der Waals surface area contributed by atoms with Gasteiger partial charge in [0.2, 0.25) is 0 Å². The molecule has 0 aromatic heterocycles. The van der Waals surface area contributed by atoms with Gasteiger partial charge >= 0.3 is 0 Å². The Balaban J connectivity index is 1.74. The molecule has 3 aromatic rings. The zero-order chi connectivity index (χ0) is 16.9. The van der Waals surface area contributed by atoms with Crippen molar-refractivity contribution in [1.82, 2.24) is 0 Å². The van der Waals surface area contributed by atoms with Crippen molar-refractivity contribution in [3.8, 4) is 0 Å². The molecular formula is C20H14ClNO2. The minimum absolute atomic E-state index is 0.0719. The van der Waals surface area contributed by atoms with Crippen LogP contribution in [0.4, 0.5) is 5.69 Å². The number of carbonyl (C=O) groups excluding carboxylic acids is 2. The van der Waals surface area contributed by atoms with E-state index >= 15 is 0 Å². The van der Waals surface area contributed by atoms with Gasteiger partial charge < -0.3 is 5.32 Å². The van der Waals surface area contributed by atoms with Crippen molar-refractivity contribution in [2.75, 3.05) is 5.32 Å². The maximum atomic E-state index is 12.3. The molecule has 0 atom stereocenters. The molecule has 3 nitrogen and oxygen atoms in total. The molecule has 0 aliphatic rings. The topological polar surface area (TPSA) is 46.2 Å². The largest absolute Gasteiger partial charge is 0.322 e. The standard InChI is InChI=1S/C20H14ClNO2/c21-17-7-4-8-18(13-17)22-20(24)16-11-9-15(10-12-16)19(23)14-5-2-1-3-6-14/h1-13H,(H,22,24). The van der Waals surface area contributed by atoms with Crippen molar-refractivity contribution < 1.29 is 9.59 Å². The predicted octanol–water partition coefficient (Wildman–Crippen LogP) is 4.82. The molecule has 0 fully saturated rings. The van der Waals surface area contributed by atoms with Gasteiger partial charge in [-0.05, 0) is 30.3 Å². The van der Waals surface area contributed by atoms with Crippen LogP contribution in [0.1, 0.15) is 26.3 Å². The minimum Gasteiger partial charge on any atom is -0.322 e. The average molecular weight is 336 g/mol. The Morgan fingerprint density at radius 2 is 1.33 bits per heavy atom. The number of ketones is 1. The molecule has 0 saturated heterocycles. The number of benzene rings is 3. The molecule has 4 heteroatoms. The van der Waals surface area contributed by atoms with Crippen molar-refractivity contribution in [3.05, 3.63) is 101 Å². The van der Waals surface area contributed by atoms with E-state index in [9.17, 15) is 9.59 Å². The van der Waals surface area contributed by atoms with Gasteiger partial charge in [0, 0.05) is 27.4 Å². The molecule has 118 valence electrons. The van der Waals surface area contributed by atoms with Crippen molar-refractivity contribution in [2.24, 2.45) is 0 Å². The van der Waals surface area contributed by atoms with Crippen LogP contribution in [0.25, 0.3) is 0 Å². The molecule has 24 heavy (non-hydrogen) atoms. The molecule has 1 amide bonds. The van der Waals surface area contributed by atoms with Crippen LogP contribution in [0.3, 0.4) is 0 Å². The van der Waals surface area contributed by atoms with Crippen LogP contribution in [0.5, 0.6) is 0 Å². The van der Waals surface area contributed by atoms with Crippen molar-refractivity contribution in [2.45, 2.75) is 0 Å². The van der Waals surface area contributed by atoms with Gasteiger partial charge in [-0.1, -0.05) is 60.1 Å². The van der Waals surface area contributed by atoms with Gasteiger partial charge in [0.15, 0.2) is 5.78 Å². The third-order valence-corrected chi connectivity index (χ3v) is 3.76. The SMILES string of the molecule is O=C(Nc1cccc(Cl)c1)c1ccc(C(=O)c2ccccc2)cc1. The Morgan fingerprint density at radius 3 is 2.00 bits per heavy atom. The van der Waals surface area contributed by atoms with Crippen molar-refractivity contribution >= 4 is 29.0 Å². The van der Waals surface area contributed by atoms with E-state index in [4.69, 9.17) is 11.6 Å². The fourth-order valence-corrected chi connectivity index (χ4v) is 2.49. The molecule has 3 aromatic carbocycles.